The predicted octanol–water partition coefficient (Wildman–Crippen LogP) is 1.64. The van der Waals surface area contributed by atoms with E-state index >= 15 is 0 Å². The maximum atomic E-state index is 11.4. The molecule has 4 heteroatoms. The van der Waals surface area contributed by atoms with Gasteiger partial charge in [-0.05, 0) is 19.3 Å². The molecule has 0 spiro atoms. The molecule has 0 bridgehead atoms. The van der Waals surface area contributed by atoms with Crippen molar-refractivity contribution in [2.24, 2.45) is 5.41 Å². The highest BCUT2D eigenvalue weighted by Crippen LogP contribution is 2.35. The Morgan fingerprint density at radius 2 is 1.94 bits per heavy atom. The minimum atomic E-state index is -0.111. The fourth-order valence-corrected chi connectivity index (χ4v) is 2.26. The average molecular weight is 228 g/mol. The van der Waals surface area contributed by atoms with Crippen molar-refractivity contribution >= 4 is 6.03 Å². The number of carbonyl (C=O) groups excluding carboxylic acids is 1. The van der Waals surface area contributed by atoms with Gasteiger partial charge < -0.3 is 15.7 Å². The highest BCUT2D eigenvalue weighted by molar-refractivity contribution is 5.73. The van der Waals surface area contributed by atoms with Crippen LogP contribution in [0.15, 0.2) is 0 Å². The first-order valence-corrected chi connectivity index (χ1v) is 6.35. The summed E-state index contributed by atoms with van der Waals surface area (Å²) in [5, 5.41) is 15.1. The lowest BCUT2D eigenvalue weighted by Gasteiger charge is -2.35. The van der Waals surface area contributed by atoms with Crippen LogP contribution in [0.3, 0.4) is 0 Å². The number of aliphatic hydroxyl groups excluding tert-OH is 1. The Morgan fingerprint density at radius 1 is 1.25 bits per heavy atom. The highest BCUT2D eigenvalue weighted by Gasteiger charge is 2.31. The normalized spacial score (nSPS) is 19.1. The monoisotopic (exact) mass is 228 g/mol. The number of urea groups is 1. The quantitative estimate of drug-likeness (QED) is 0.670. The van der Waals surface area contributed by atoms with Crippen LogP contribution >= 0.6 is 0 Å². The van der Waals surface area contributed by atoms with Crippen LogP contribution in [-0.2, 0) is 0 Å². The van der Waals surface area contributed by atoms with Gasteiger partial charge in [0.1, 0.15) is 0 Å². The van der Waals surface area contributed by atoms with Crippen molar-refractivity contribution in [1.82, 2.24) is 10.6 Å². The summed E-state index contributed by atoms with van der Waals surface area (Å²) in [7, 11) is 0. The average Bonchev–Trinajstić information content (AvgIpc) is 2.35. The number of hydrogen-bond acceptors (Lipinski definition) is 2. The first kappa shape index (κ1) is 13.3. The van der Waals surface area contributed by atoms with Crippen molar-refractivity contribution in [2.45, 2.75) is 45.4 Å². The van der Waals surface area contributed by atoms with E-state index in [0.29, 0.717) is 13.1 Å². The van der Waals surface area contributed by atoms with Crippen LogP contribution in [0.2, 0.25) is 0 Å². The molecule has 0 saturated heterocycles. The van der Waals surface area contributed by atoms with Crippen LogP contribution in [0.1, 0.15) is 45.4 Å². The van der Waals surface area contributed by atoms with Gasteiger partial charge in [-0.2, -0.15) is 0 Å². The van der Waals surface area contributed by atoms with Gasteiger partial charge in [0.25, 0.3) is 0 Å². The summed E-state index contributed by atoms with van der Waals surface area (Å²) in [6.07, 6.45) is 6.58. The first-order chi connectivity index (χ1) is 7.72. The predicted molar refractivity (Wildman–Crippen MR) is 64.3 cm³/mol. The lowest BCUT2D eigenvalue weighted by molar-refractivity contribution is 0.0835. The summed E-state index contributed by atoms with van der Waals surface area (Å²) in [5.41, 5.74) is -0.0677. The van der Waals surface area contributed by atoms with Crippen molar-refractivity contribution in [3.05, 3.63) is 0 Å². The molecule has 1 aliphatic rings. The number of rotatable bonds is 5. The fourth-order valence-electron chi connectivity index (χ4n) is 2.26. The Labute approximate surface area is 97.8 Å². The van der Waals surface area contributed by atoms with Crippen molar-refractivity contribution in [2.75, 3.05) is 19.7 Å². The number of carbonyl (C=O) groups is 1. The van der Waals surface area contributed by atoms with Crippen molar-refractivity contribution in [3.63, 3.8) is 0 Å². The van der Waals surface area contributed by atoms with Gasteiger partial charge in [-0.15, -0.1) is 0 Å². The molecule has 0 aromatic rings. The number of nitrogens with one attached hydrogen (secondary N) is 2. The van der Waals surface area contributed by atoms with E-state index in [-0.39, 0.29) is 18.1 Å². The molecule has 1 fully saturated rings. The highest BCUT2D eigenvalue weighted by atomic mass is 16.3. The van der Waals surface area contributed by atoms with Gasteiger partial charge in [0, 0.05) is 18.5 Å². The Balaban J connectivity index is 2.30. The maximum Gasteiger partial charge on any atom is 0.314 e. The lowest BCUT2D eigenvalue weighted by Crippen LogP contribution is -2.45. The van der Waals surface area contributed by atoms with Gasteiger partial charge in [0.15, 0.2) is 0 Å². The molecule has 1 rings (SSSR count). The van der Waals surface area contributed by atoms with E-state index < -0.39 is 0 Å². The van der Waals surface area contributed by atoms with Crippen LogP contribution in [-0.4, -0.2) is 30.8 Å². The van der Waals surface area contributed by atoms with Gasteiger partial charge in [0.05, 0.1) is 6.61 Å². The topological polar surface area (TPSA) is 61.4 Å². The van der Waals surface area contributed by atoms with E-state index in [1.807, 2.05) is 6.92 Å². The van der Waals surface area contributed by atoms with Gasteiger partial charge >= 0.3 is 6.03 Å². The lowest BCUT2D eigenvalue weighted by atomic mass is 9.74. The summed E-state index contributed by atoms with van der Waals surface area (Å²) in [4.78, 5) is 11.4. The molecule has 0 aromatic heterocycles. The summed E-state index contributed by atoms with van der Waals surface area (Å²) in [5.74, 6) is 0. The van der Waals surface area contributed by atoms with E-state index in [4.69, 9.17) is 0 Å². The molecule has 0 atom stereocenters. The molecule has 0 heterocycles. The third kappa shape index (κ3) is 4.00. The van der Waals surface area contributed by atoms with E-state index in [1.165, 1.54) is 19.3 Å². The van der Waals surface area contributed by atoms with Crippen molar-refractivity contribution in [3.8, 4) is 0 Å². The third-order valence-electron chi connectivity index (χ3n) is 3.41. The molecule has 0 aromatic carbocycles. The Kier molecular flexibility index (Phi) is 5.60. The Bertz CT molecular complexity index is 213. The van der Waals surface area contributed by atoms with Crippen LogP contribution < -0.4 is 10.6 Å². The van der Waals surface area contributed by atoms with Gasteiger partial charge in [-0.3, -0.25) is 0 Å². The van der Waals surface area contributed by atoms with Gasteiger partial charge in [0.2, 0.25) is 0 Å². The van der Waals surface area contributed by atoms with E-state index in [2.05, 4.69) is 10.6 Å². The van der Waals surface area contributed by atoms with Crippen LogP contribution in [0.5, 0.6) is 0 Å². The third-order valence-corrected chi connectivity index (χ3v) is 3.41. The molecule has 16 heavy (non-hydrogen) atoms. The SMILES string of the molecule is CCCNC(=O)NCC1(CO)CCCCC1. The smallest absolute Gasteiger partial charge is 0.314 e. The molecule has 3 N–H and O–H groups in total. The maximum absolute atomic E-state index is 11.4. The first-order valence-electron chi connectivity index (χ1n) is 6.35. The fraction of sp³-hybridized carbons (Fsp3) is 0.917. The second kappa shape index (κ2) is 6.74. The largest absolute Gasteiger partial charge is 0.396 e. The zero-order chi connectivity index (χ0) is 11.9. The Hall–Kier alpha value is -0.770. The number of amides is 2. The molecular weight excluding hydrogens is 204 g/mol. The van der Waals surface area contributed by atoms with E-state index in [0.717, 1.165) is 19.3 Å². The van der Waals surface area contributed by atoms with Crippen LogP contribution in [0.4, 0.5) is 4.79 Å². The zero-order valence-corrected chi connectivity index (χ0v) is 10.2. The molecule has 4 nitrogen and oxygen atoms in total. The van der Waals surface area contributed by atoms with Crippen LogP contribution in [0, 0.1) is 5.41 Å². The summed E-state index contributed by atoms with van der Waals surface area (Å²) in [6.45, 7) is 3.51. The molecule has 0 unspecified atom stereocenters. The minimum Gasteiger partial charge on any atom is -0.396 e. The summed E-state index contributed by atoms with van der Waals surface area (Å²) >= 11 is 0. The van der Waals surface area contributed by atoms with Crippen molar-refractivity contribution < 1.29 is 9.90 Å². The molecule has 1 aliphatic carbocycles. The minimum absolute atomic E-state index is 0.0677. The number of hydrogen-bond donors (Lipinski definition) is 3. The standard InChI is InChI=1S/C12H24N2O2/c1-2-8-13-11(16)14-9-12(10-15)6-4-3-5-7-12/h15H,2-10H2,1H3,(H2,13,14,16). The Morgan fingerprint density at radius 3 is 2.50 bits per heavy atom. The molecule has 0 aliphatic heterocycles. The molecule has 2 amide bonds. The summed E-state index contributed by atoms with van der Waals surface area (Å²) < 4.78 is 0. The second-order valence-corrected chi connectivity index (χ2v) is 4.83. The van der Waals surface area contributed by atoms with Gasteiger partial charge in [-0.25, -0.2) is 4.79 Å². The van der Waals surface area contributed by atoms with Gasteiger partial charge in [-0.1, -0.05) is 26.2 Å². The summed E-state index contributed by atoms with van der Waals surface area (Å²) in [6, 6.07) is -0.111. The molecular formula is C12H24N2O2. The number of aliphatic hydroxyl groups is 1. The van der Waals surface area contributed by atoms with E-state index in [1.54, 1.807) is 0 Å². The van der Waals surface area contributed by atoms with Crippen LogP contribution in [0.25, 0.3) is 0 Å². The molecule has 94 valence electrons. The van der Waals surface area contributed by atoms with E-state index in [9.17, 15) is 9.90 Å². The van der Waals surface area contributed by atoms with Crippen molar-refractivity contribution in [1.29, 1.82) is 0 Å². The zero-order valence-electron chi connectivity index (χ0n) is 10.2. The second-order valence-electron chi connectivity index (χ2n) is 4.83. The molecule has 1 saturated carbocycles. The molecule has 0 radical (unpaired) electrons.